The van der Waals surface area contributed by atoms with E-state index in [2.05, 4.69) is 5.32 Å². The number of hydrogen-bond donors (Lipinski definition) is 2. The van der Waals surface area contributed by atoms with Crippen molar-refractivity contribution in [3.05, 3.63) is 29.8 Å². The van der Waals surface area contributed by atoms with Crippen molar-refractivity contribution >= 4 is 5.97 Å². The summed E-state index contributed by atoms with van der Waals surface area (Å²) in [6.07, 6.45) is 0.774. The van der Waals surface area contributed by atoms with Gasteiger partial charge in [0.15, 0.2) is 0 Å². The second-order valence-corrected chi connectivity index (χ2v) is 3.84. The molecule has 18 heavy (non-hydrogen) atoms. The number of ether oxygens (including phenoxy) is 2. The highest BCUT2D eigenvalue weighted by Gasteiger charge is 2.18. The fourth-order valence-electron chi connectivity index (χ4n) is 1.61. The number of methoxy groups -OCH3 is 2. The Morgan fingerprint density at radius 2 is 2.00 bits per heavy atom. The standard InChI is InChI=1S/C13H19NO4/c1-17-9-3-8-14-12(13(15)16)10-4-6-11(18-2)7-5-10/h4-7,12,14H,3,8-9H2,1-2H3,(H,15,16). The molecule has 0 radical (unpaired) electrons. The van der Waals surface area contributed by atoms with E-state index >= 15 is 0 Å². The molecule has 1 rings (SSSR count). The Labute approximate surface area is 107 Å². The molecule has 0 fully saturated rings. The van der Waals surface area contributed by atoms with E-state index in [1.165, 1.54) is 0 Å². The summed E-state index contributed by atoms with van der Waals surface area (Å²) in [6, 6.07) is 6.30. The third kappa shape index (κ3) is 4.35. The molecule has 0 spiro atoms. The molecule has 0 heterocycles. The zero-order chi connectivity index (χ0) is 13.4. The van der Waals surface area contributed by atoms with Crippen LogP contribution in [0.2, 0.25) is 0 Å². The molecule has 2 N–H and O–H groups in total. The number of hydrogen-bond acceptors (Lipinski definition) is 4. The van der Waals surface area contributed by atoms with Crippen molar-refractivity contribution in [1.29, 1.82) is 0 Å². The number of aliphatic carboxylic acids is 1. The summed E-state index contributed by atoms with van der Waals surface area (Å²) >= 11 is 0. The summed E-state index contributed by atoms with van der Waals surface area (Å²) in [5.74, 6) is -0.181. The Bertz CT molecular complexity index is 364. The van der Waals surface area contributed by atoms with Crippen LogP contribution in [0, 0.1) is 0 Å². The fourth-order valence-corrected chi connectivity index (χ4v) is 1.61. The maximum absolute atomic E-state index is 11.2. The summed E-state index contributed by atoms with van der Waals surface area (Å²) in [7, 11) is 3.20. The van der Waals surface area contributed by atoms with E-state index in [-0.39, 0.29) is 0 Å². The van der Waals surface area contributed by atoms with Gasteiger partial charge in [-0.3, -0.25) is 4.79 Å². The van der Waals surface area contributed by atoms with Crippen LogP contribution < -0.4 is 10.1 Å². The average molecular weight is 253 g/mol. The second-order valence-electron chi connectivity index (χ2n) is 3.84. The molecule has 0 aliphatic carbocycles. The Morgan fingerprint density at radius 3 is 2.50 bits per heavy atom. The summed E-state index contributed by atoms with van der Waals surface area (Å²) in [6.45, 7) is 1.21. The lowest BCUT2D eigenvalue weighted by Crippen LogP contribution is -2.29. The molecular weight excluding hydrogens is 234 g/mol. The van der Waals surface area contributed by atoms with Crippen molar-refractivity contribution in [2.75, 3.05) is 27.4 Å². The molecule has 1 aromatic carbocycles. The number of benzene rings is 1. The van der Waals surface area contributed by atoms with Gasteiger partial charge in [0.05, 0.1) is 7.11 Å². The predicted octanol–water partition coefficient (Wildman–Crippen LogP) is 1.45. The van der Waals surface area contributed by atoms with Crippen LogP contribution in [-0.4, -0.2) is 38.4 Å². The van der Waals surface area contributed by atoms with Crippen LogP contribution in [-0.2, 0) is 9.53 Å². The third-order valence-corrected chi connectivity index (χ3v) is 2.57. The lowest BCUT2D eigenvalue weighted by molar-refractivity contribution is -0.139. The van der Waals surface area contributed by atoms with Crippen LogP contribution in [0.15, 0.2) is 24.3 Å². The first-order chi connectivity index (χ1) is 8.69. The van der Waals surface area contributed by atoms with Crippen LogP contribution in [0.1, 0.15) is 18.0 Å². The van der Waals surface area contributed by atoms with Crippen LogP contribution in [0.25, 0.3) is 0 Å². The van der Waals surface area contributed by atoms with E-state index < -0.39 is 12.0 Å². The zero-order valence-electron chi connectivity index (χ0n) is 10.7. The minimum atomic E-state index is -0.891. The highest BCUT2D eigenvalue weighted by atomic mass is 16.5. The minimum absolute atomic E-state index is 0.594. The van der Waals surface area contributed by atoms with Crippen molar-refractivity contribution in [3.63, 3.8) is 0 Å². The van der Waals surface area contributed by atoms with Gasteiger partial charge in [0.1, 0.15) is 11.8 Å². The van der Waals surface area contributed by atoms with Crippen molar-refractivity contribution in [1.82, 2.24) is 5.32 Å². The van der Waals surface area contributed by atoms with Crippen molar-refractivity contribution in [2.45, 2.75) is 12.5 Å². The lowest BCUT2D eigenvalue weighted by atomic mass is 10.1. The topological polar surface area (TPSA) is 67.8 Å². The molecule has 1 unspecified atom stereocenters. The molecule has 5 nitrogen and oxygen atoms in total. The van der Waals surface area contributed by atoms with Gasteiger partial charge in [0, 0.05) is 13.7 Å². The quantitative estimate of drug-likeness (QED) is 0.686. The fraction of sp³-hybridized carbons (Fsp3) is 0.462. The minimum Gasteiger partial charge on any atom is -0.497 e. The molecule has 1 aromatic rings. The average Bonchev–Trinajstić information content (AvgIpc) is 2.39. The Morgan fingerprint density at radius 1 is 1.33 bits per heavy atom. The molecule has 1 atom stereocenters. The molecular formula is C13H19NO4. The molecule has 0 amide bonds. The van der Waals surface area contributed by atoms with E-state index in [1.54, 1.807) is 38.5 Å². The molecule has 0 aromatic heterocycles. The zero-order valence-corrected chi connectivity index (χ0v) is 10.7. The lowest BCUT2D eigenvalue weighted by Gasteiger charge is -2.15. The molecule has 5 heteroatoms. The monoisotopic (exact) mass is 253 g/mol. The SMILES string of the molecule is COCCCNC(C(=O)O)c1ccc(OC)cc1. The maximum atomic E-state index is 11.2. The first-order valence-electron chi connectivity index (χ1n) is 5.78. The van der Waals surface area contributed by atoms with Crippen molar-refractivity contribution in [2.24, 2.45) is 0 Å². The van der Waals surface area contributed by atoms with Crippen molar-refractivity contribution < 1.29 is 19.4 Å². The summed E-state index contributed by atoms with van der Waals surface area (Å²) in [5.41, 5.74) is 0.709. The van der Waals surface area contributed by atoms with Crippen LogP contribution in [0.3, 0.4) is 0 Å². The van der Waals surface area contributed by atoms with E-state index in [4.69, 9.17) is 9.47 Å². The highest BCUT2D eigenvalue weighted by molar-refractivity contribution is 5.75. The first kappa shape index (κ1) is 14.5. The summed E-state index contributed by atoms with van der Waals surface area (Å²) in [5, 5.41) is 12.2. The van der Waals surface area contributed by atoms with Gasteiger partial charge in [-0.05, 0) is 30.7 Å². The molecule has 0 saturated heterocycles. The smallest absolute Gasteiger partial charge is 0.325 e. The van der Waals surface area contributed by atoms with Gasteiger partial charge in [-0.25, -0.2) is 0 Å². The van der Waals surface area contributed by atoms with Crippen LogP contribution >= 0.6 is 0 Å². The van der Waals surface area contributed by atoms with Gasteiger partial charge in [-0.2, -0.15) is 0 Å². The normalized spacial score (nSPS) is 12.1. The predicted molar refractivity (Wildman–Crippen MR) is 67.9 cm³/mol. The largest absolute Gasteiger partial charge is 0.497 e. The Kier molecular flexibility index (Phi) is 6.18. The molecule has 0 saturated carbocycles. The molecule has 0 aliphatic heterocycles. The molecule has 100 valence electrons. The maximum Gasteiger partial charge on any atom is 0.325 e. The van der Waals surface area contributed by atoms with Gasteiger partial charge in [-0.1, -0.05) is 12.1 Å². The van der Waals surface area contributed by atoms with E-state index in [0.717, 1.165) is 6.42 Å². The third-order valence-electron chi connectivity index (χ3n) is 2.57. The number of nitrogens with one attached hydrogen (secondary N) is 1. The summed E-state index contributed by atoms with van der Waals surface area (Å²) < 4.78 is 9.95. The van der Waals surface area contributed by atoms with E-state index in [1.807, 2.05) is 0 Å². The van der Waals surface area contributed by atoms with Crippen molar-refractivity contribution in [3.8, 4) is 5.75 Å². The van der Waals surface area contributed by atoms with Crippen LogP contribution in [0.5, 0.6) is 5.75 Å². The second kappa shape index (κ2) is 7.68. The first-order valence-corrected chi connectivity index (χ1v) is 5.78. The van der Waals surface area contributed by atoms with Gasteiger partial charge in [0.25, 0.3) is 0 Å². The number of rotatable bonds is 8. The van der Waals surface area contributed by atoms with Gasteiger partial charge >= 0.3 is 5.97 Å². The summed E-state index contributed by atoms with van der Waals surface area (Å²) in [4.78, 5) is 11.2. The number of carboxylic acid groups (broad SMARTS) is 1. The van der Waals surface area contributed by atoms with Crippen LogP contribution in [0.4, 0.5) is 0 Å². The highest BCUT2D eigenvalue weighted by Crippen LogP contribution is 2.17. The van der Waals surface area contributed by atoms with E-state index in [9.17, 15) is 9.90 Å². The van der Waals surface area contributed by atoms with Gasteiger partial charge < -0.3 is 19.9 Å². The number of carboxylic acids is 1. The van der Waals surface area contributed by atoms with Gasteiger partial charge in [0.2, 0.25) is 0 Å². The number of carbonyl (C=O) groups is 1. The van der Waals surface area contributed by atoms with Gasteiger partial charge in [-0.15, -0.1) is 0 Å². The Hall–Kier alpha value is -1.59. The Balaban J connectivity index is 2.62. The molecule has 0 bridgehead atoms. The molecule has 0 aliphatic rings. The van der Waals surface area contributed by atoms with E-state index in [0.29, 0.717) is 24.5 Å².